The van der Waals surface area contributed by atoms with Gasteiger partial charge in [0.1, 0.15) is 11.5 Å². The van der Waals surface area contributed by atoms with Crippen LogP contribution in [0.3, 0.4) is 0 Å². The minimum Gasteiger partial charge on any atom is -0.457 e. The van der Waals surface area contributed by atoms with Gasteiger partial charge in [0.15, 0.2) is 0 Å². The van der Waals surface area contributed by atoms with Gasteiger partial charge in [-0.1, -0.05) is 143 Å². The van der Waals surface area contributed by atoms with Crippen molar-refractivity contribution in [1.82, 2.24) is 0 Å². The molecule has 8 aliphatic rings. The third-order valence-corrected chi connectivity index (χ3v) is 34.5. The summed E-state index contributed by atoms with van der Waals surface area (Å²) in [5.41, 5.74) is 0. The van der Waals surface area contributed by atoms with Crippen LogP contribution in [0.4, 0.5) is 0 Å². The van der Waals surface area contributed by atoms with Crippen molar-refractivity contribution in [3.63, 3.8) is 0 Å². The third-order valence-electron chi connectivity index (χ3n) is 11.4. The van der Waals surface area contributed by atoms with Gasteiger partial charge in [-0.3, -0.25) is 0 Å². The van der Waals surface area contributed by atoms with E-state index in [1.165, 1.54) is 161 Å². The Labute approximate surface area is 444 Å². The van der Waals surface area contributed by atoms with Gasteiger partial charge in [-0.15, -0.1) is 94.1 Å². The molecule has 0 saturated heterocycles. The topological polar surface area (TPSA) is 9.23 Å². The molecule has 14 rings (SSSR count). The molecule has 0 spiro atoms. The van der Waals surface area contributed by atoms with E-state index in [0.717, 1.165) is 11.5 Å². The second-order valence-corrected chi connectivity index (χ2v) is 35.3. The Morgan fingerprint density at radius 1 is 0.246 bits per heavy atom. The summed E-state index contributed by atoms with van der Waals surface area (Å²) in [6.45, 7) is 0. The van der Waals surface area contributed by atoms with Crippen molar-refractivity contribution in [3.8, 4) is 11.5 Å². The largest absolute Gasteiger partial charge is 0.457 e. The third kappa shape index (κ3) is 8.00. The highest BCUT2D eigenvalue weighted by atomic mass is 32.3. The Balaban J connectivity index is 0.976. The van der Waals surface area contributed by atoms with Crippen LogP contribution in [0, 0.1) is 0 Å². The fourth-order valence-electron chi connectivity index (χ4n) is 8.74. The minimum absolute atomic E-state index is 0.877. The van der Waals surface area contributed by atoms with Crippen molar-refractivity contribution < 1.29 is 4.74 Å². The number of benzene rings is 6. The van der Waals surface area contributed by atoms with E-state index < -0.39 is 0 Å². The summed E-state index contributed by atoms with van der Waals surface area (Å²) in [5, 5.41) is 15.9. The minimum atomic E-state index is 0.877. The molecule has 0 unspecified atom stereocenters. The van der Waals surface area contributed by atoms with E-state index in [9.17, 15) is 0 Å². The summed E-state index contributed by atoms with van der Waals surface area (Å²) in [5.74, 6) is 11.2. The number of ether oxygens (including phenoxy) is 1. The van der Waals surface area contributed by atoms with Crippen molar-refractivity contribution in [2.75, 3.05) is 46.0 Å². The maximum atomic E-state index is 7.18. The molecule has 8 aliphatic heterocycles. The second kappa shape index (κ2) is 18.7. The SMILES string of the molecule is c1ccc2c(=C3SC4=C(SCCS4)S3)c3cc(Oc4ccc5c(=C6SC7=C(SCCS7)S6)c6ccccc6c(=C6SC7=C(SCCS7)S6)c5c4)ccc3c(=C3SC4=C(SCCS4)S3)c2c1. The number of thioether (sulfide) groups is 16. The van der Waals surface area contributed by atoms with Crippen LogP contribution in [0.5, 0.6) is 11.5 Å². The van der Waals surface area contributed by atoms with Crippen LogP contribution in [-0.2, 0) is 0 Å². The van der Waals surface area contributed by atoms with Gasteiger partial charge in [0.05, 0.1) is 50.8 Å². The molecule has 65 heavy (non-hydrogen) atoms. The van der Waals surface area contributed by atoms with Crippen LogP contribution >= 0.6 is 188 Å². The average molecular weight is 1140 g/mol. The van der Waals surface area contributed by atoms with Gasteiger partial charge in [0.25, 0.3) is 0 Å². The molecule has 0 aromatic heterocycles. The van der Waals surface area contributed by atoms with Crippen LogP contribution in [0.25, 0.3) is 60.0 Å². The first-order valence-corrected chi connectivity index (χ1v) is 35.2. The number of rotatable bonds is 2. The Hall–Kier alpha value is 0.200. The molecule has 0 aliphatic carbocycles. The quantitative estimate of drug-likeness (QED) is 0.152. The van der Waals surface area contributed by atoms with E-state index in [-0.39, 0.29) is 0 Å². The van der Waals surface area contributed by atoms with Crippen molar-refractivity contribution in [3.05, 3.63) is 140 Å². The molecule has 0 radical (unpaired) electrons. The molecule has 324 valence electrons. The zero-order chi connectivity index (χ0) is 42.6. The normalized spacial score (nSPS) is 21.2. The summed E-state index contributed by atoms with van der Waals surface area (Å²) in [4.78, 5) is 0. The van der Waals surface area contributed by atoms with Crippen molar-refractivity contribution >= 4 is 248 Å². The van der Waals surface area contributed by atoms with Crippen molar-refractivity contribution in [2.24, 2.45) is 0 Å². The fourth-order valence-corrected chi connectivity index (χ4v) is 33.1. The summed E-state index contributed by atoms with van der Waals surface area (Å²) in [7, 11) is 0. The predicted octanol–water partition coefficient (Wildman–Crippen LogP) is 16.7. The maximum absolute atomic E-state index is 7.18. The molecular formula is C48H30OS16. The lowest BCUT2D eigenvalue weighted by Gasteiger charge is -2.15. The Morgan fingerprint density at radius 2 is 0.477 bits per heavy atom. The predicted molar refractivity (Wildman–Crippen MR) is 324 cm³/mol. The molecule has 0 atom stereocenters. The highest BCUT2D eigenvalue weighted by molar-refractivity contribution is 8.48. The number of hydrogen-bond donors (Lipinski definition) is 0. The van der Waals surface area contributed by atoms with Gasteiger partial charge in [-0.25, -0.2) is 0 Å². The Morgan fingerprint density at radius 3 is 0.738 bits per heavy atom. The Kier molecular flexibility index (Phi) is 12.6. The molecule has 6 aromatic rings. The Bertz CT molecular complexity index is 3240. The monoisotopic (exact) mass is 1130 g/mol. The van der Waals surface area contributed by atoms with Gasteiger partial charge in [-0.05, 0) is 79.5 Å². The zero-order valence-corrected chi connectivity index (χ0v) is 46.7. The molecule has 8 heterocycles. The molecule has 0 amide bonds. The van der Waals surface area contributed by atoms with Crippen LogP contribution in [-0.4, -0.2) is 46.0 Å². The zero-order valence-electron chi connectivity index (χ0n) is 33.7. The lowest BCUT2D eigenvalue weighted by molar-refractivity contribution is 0.484. The lowest BCUT2D eigenvalue weighted by atomic mass is 9.98. The smallest absolute Gasteiger partial charge is 0.128 e. The van der Waals surface area contributed by atoms with Gasteiger partial charge >= 0.3 is 0 Å². The van der Waals surface area contributed by atoms with Crippen molar-refractivity contribution in [2.45, 2.75) is 0 Å². The first kappa shape index (κ1) is 43.9. The number of fused-ring (bicyclic) bond motifs is 4. The molecule has 6 aromatic carbocycles. The average Bonchev–Trinajstić information content (AvgIpc) is 4.17. The van der Waals surface area contributed by atoms with E-state index >= 15 is 0 Å². The highest BCUT2D eigenvalue weighted by Gasteiger charge is 2.31. The maximum Gasteiger partial charge on any atom is 0.128 e. The molecule has 17 heteroatoms. The molecule has 0 bridgehead atoms. The van der Waals surface area contributed by atoms with E-state index in [1.54, 1.807) is 0 Å². The summed E-state index contributed by atoms with van der Waals surface area (Å²) < 4.78 is 24.6. The number of hydrogen-bond acceptors (Lipinski definition) is 17. The van der Waals surface area contributed by atoms with E-state index in [2.05, 4.69) is 84.9 Å². The van der Waals surface area contributed by atoms with E-state index in [1.807, 2.05) is 188 Å². The molecule has 0 saturated carbocycles. The van der Waals surface area contributed by atoms with Crippen LogP contribution in [0.15, 0.2) is 119 Å². The molecule has 0 fully saturated rings. The van der Waals surface area contributed by atoms with Gasteiger partial charge in [-0.2, -0.15) is 0 Å². The highest BCUT2D eigenvalue weighted by Crippen LogP contribution is 2.63. The second-order valence-electron chi connectivity index (χ2n) is 15.2. The van der Waals surface area contributed by atoms with Gasteiger partial charge in [0, 0.05) is 66.9 Å². The summed E-state index contributed by atoms with van der Waals surface area (Å²) in [6, 6.07) is 32.3. The van der Waals surface area contributed by atoms with E-state index in [0.29, 0.717) is 0 Å². The van der Waals surface area contributed by atoms with Crippen LogP contribution in [0.2, 0.25) is 0 Å². The first-order valence-electron chi connectivity index (χ1n) is 20.7. The van der Waals surface area contributed by atoms with Crippen LogP contribution < -0.4 is 25.6 Å². The van der Waals surface area contributed by atoms with Gasteiger partial charge in [0.2, 0.25) is 0 Å². The first-order chi connectivity index (χ1) is 32.2. The lowest BCUT2D eigenvalue weighted by Crippen LogP contribution is -2.17. The standard InChI is InChI=1S/C48H30OS16/c1-3-7-27-25(5-1)33(37-58-41-42(59-37)51-14-13-50-41)29-11-9-23(21-31(29)35(27)39-62-45-46(63-39)55-18-17-54-45)49-24-10-12-30-32(22-24)36(40-64-47-48(65-40)57-20-19-56-47)28-8-4-2-6-26(28)34(30)38-60-43-44(61-38)53-16-15-52-43/h1-12,21-22H,13-20H2. The van der Waals surface area contributed by atoms with E-state index in [4.69, 9.17) is 4.74 Å². The molecule has 0 N–H and O–H groups in total. The molecule has 1 nitrogen and oxygen atoms in total. The van der Waals surface area contributed by atoms with Crippen molar-refractivity contribution in [1.29, 1.82) is 0 Å². The summed E-state index contributed by atoms with van der Waals surface area (Å²) in [6.07, 6.45) is 0. The van der Waals surface area contributed by atoms with Gasteiger partial charge < -0.3 is 4.74 Å². The van der Waals surface area contributed by atoms with Crippen LogP contribution in [0.1, 0.15) is 0 Å². The summed E-state index contributed by atoms with van der Waals surface area (Å²) >= 11 is 32.2. The fraction of sp³-hybridized carbons (Fsp3) is 0.167. The molecular weight excluding hydrogens is 1110 g/mol.